The standard InChI is InChI=1S/C37H39ClN4O7/c1-19-12-22-13-24-26(16-39)42-25(32(41(24)3)30(22)33(45)34(19)46-4)14-23-31(27(42)17-40-28(43)11-10-21-8-6-5-7-9-21)37-36(47-18-48-37)20(2)35(23)49-29(44)15-38/h5-9,12,24-27,32,45H,10-11,13-15,17-18H2,1-4H3,(H,40,43)/t24-,25?,26+,27+,32-/m1/s1. The number of likely N-dealkylation sites (N-methyl/N-ethyl adjacent to an activating group) is 1. The van der Waals surface area contributed by atoms with Gasteiger partial charge in [-0.15, -0.1) is 11.6 Å². The minimum absolute atomic E-state index is 0.0227. The smallest absolute Gasteiger partial charge is 0.326 e. The van der Waals surface area contributed by atoms with Gasteiger partial charge in [0.1, 0.15) is 17.7 Å². The number of hydrogen-bond donors (Lipinski definition) is 2. The van der Waals surface area contributed by atoms with Gasteiger partial charge in [-0.2, -0.15) is 5.26 Å². The van der Waals surface area contributed by atoms with Crippen LogP contribution in [0.4, 0.5) is 0 Å². The highest BCUT2D eigenvalue weighted by molar-refractivity contribution is 6.26. The fraction of sp³-hybridized carbons (Fsp3) is 0.432. The maximum Gasteiger partial charge on any atom is 0.326 e. The first kappa shape index (κ1) is 33.0. The van der Waals surface area contributed by atoms with Gasteiger partial charge in [-0.05, 0) is 56.8 Å². The number of hydrogen-bond acceptors (Lipinski definition) is 10. The maximum absolute atomic E-state index is 13.4. The third-order valence-electron chi connectivity index (χ3n) is 10.6. The van der Waals surface area contributed by atoms with Crippen molar-refractivity contribution in [2.75, 3.05) is 33.4 Å². The number of alkyl halides is 1. The number of nitriles is 1. The minimum Gasteiger partial charge on any atom is -0.504 e. The van der Waals surface area contributed by atoms with E-state index < -0.39 is 18.1 Å². The van der Waals surface area contributed by atoms with E-state index in [4.69, 9.17) is 30.5 Å². The third kappa shape index (κ3) is 5.43. The van der Waals surface area contributed by atoms with Crippen LogP contribution in [0, 0.1) is 25.2 Å². The summed E-state index contributed by atoms with van der Waals surface area (Å²) in [5.74, 6) is 0.712. The second-order valence-corrected chi connectivity index (χ2v) is 13.4. The quantitative estimate of drug-likeness (QED) is 0.199. The van der Waals surface area contributed by atoms with Crippen molar-refractivity contribution in [1.82, 2.24) is 15.1 Å². The van der Waals surface area contributed by atoms with Crippen molar-refractivity contribution < 1.29 is 33.6 Å². The first-order chi connectivity index (χ1) is 23.7. The maximum atomic E-state index is 13.4. The summed E-state index contributed by atoms with van der Waals surface area (Å²) in [6.07, 6.45) is 1.76. The van der Waals surface area contributed by atoms with Gasteiger partial charge in [-0.3, -0.25) is 19.4 Å². The van der Waals surface area contributed by atoms with Crippen LogP contribution in [0.25, 0.3) is 0 Å². The molecule has 1 saturated heterocycles. The van der Waals surface area contributed by atoms with Gasteiger partial charge >= 0.3 is 5.97 Å². The van der Waals surface area contributed by atoms with Crippen molar-refractivity contribution in [3.8, 4) is 34.8 Å². The van der Waals surface area contributed by atoms with Crippen LogP contribution in [-0.4, -0.2) is 78.3 Å². The minimum atomic E-state index is -0.615. The number of benzene rings is 3. The zero-order chi connectivity index (χ0) is 34.6. The lowest BCUT2D eigenvalue weighted by Crippen LogP contribution is -2.68. The molecule has 49 heavy (non-hydrogen) atoms. The molecule has 11 nitrogen and oxygen atoms in total. The number of nitrogens with one attached hydrogen (secondary N) is 1. The molecule has 4 aliphatic heterocycles. The number of nitrogens with zero attached hydrogens (tertiary/aromatic N) is 3. The molecule has 256 valence electrons. The highest BCUT2D eigenvalue weighted by Crippen LogP contribution is 2.58. The number of fused-ring (bicyclic) bond motifs is 9. The average molecular weight is 687 g/mol. The predicted molar refractivity (Wildman–Crippen MR) is 180 cm³/mol. The molecule has 1 fully saturated rings. The van der Waals surface area contributed by atoms with Crippen molar-refractivity contribution in [3.63, 3.8) is 0 Å². The van der Waals surface area contributed by atoms with Gasteiger partial charge in [-0.1, -0.05) is 36.4 Å². The van der Waals surface area contributed by atoms with Crippen LogP contribution in [-0.2, 0) is 28.9 Å². The number of phenols is 1. The molecule has 0 aromatic heterocycles. The Morgan fingerprint density at radius 2 is 1.86 bits per heavy atom. The van der Waals surface area contributed by atoms with E-state index in [-0.39, 0.29) is 55.4 Å². The molecule has 12 heteroatoms. The molecule has 2 bridgehead atoms. The highest BCUT2D eigenvalue weighted by atomic mass is 35.5. The number of phenolic OH excluding ortho intramolecular Hbond substituents is 1. The summed E-state index contributed by atoms with van der Waals surface area (Å²) in [4.78, 5) is 30.5. The van der Waals surface area contributed by atoms with Gasteiger partial charge in [0.15, 0.2) is 23.0 Å². The van der Waals surface area contributed by atoms with E-state index in [0.717, 1.165) is 27.8 Å². The van der Waals surface area contributed by atoms with Crippen molar-refractivity contribution in [1.29, 1.82) is 5.26 Å². The monoisotopic (exact) mass is 686 g/mol. The molecule has 0 spiro atoms. The topological polar surface area (TPSA) is 134 Å². The average Bonchev–Trinajstić information content (AvgIpc) is 3.59. The largest absolute Gasteiger partial charge is 0.504 e. The van der Waals surface area contributed by atoms with Crippen LogP contribution in [0.1, 0.15) is 57.4 Å². The number of aryl methyl sites for hydroxylation is 2. The van der Waals surface area contributed by atoms with Crippen LogP contribution in [0.15, 0.2) is 36.4 Å². The molecule has 1 unspecified atom stereocenters. The van der Waals surface area contributed by atoms with Crippen LogP contribution >= 0.6 is 11.6 Å². The van der Waals surface area contributed by atoms with E-state index in [9.17, 15) is 20.0 Å². The molecule has 0 radical (unpaired) electrons. The van der Waals surface area contributed by atoms with Gasteiger partial charge in [0.25, 0.3) is 0 Å². The molecule has 0 saturated carbocycles. The molecule has 2 N–H and O–H groups in total. The van der Waals surface area contributed by atoms with E-state index >= 15 is 0 Å². The van der Waals surface area contributed by atoms with Gasteiger partial charge in [0.05, 0.1) is 25.3 Å². The molecule has 5 atom stereocenters. The molecule has 1 amide bonds. The molecule has 4 heterocycles. The van der Waals surface area contributed by atoms with E-state index in [1.54, 1.807) is 7.11 Å². The summed E-state index contributed by atoms with van der Waals surface area (Å²) in [7, 11) is 3.53. The number of aromatic hydroxyl groups is 1. The van der Waals surface area contributed by atoms with Crippen LogP contribution < -0.4 is 24.3 Å². The van der Waals surface area contributed by atoms with Gasteiger partial charge in [0, 0.05) is 47.3 Å². The first-order valence-electron chi connectivity index (χ1n) is 16.5. The summed E-state index contributed by atoms with van der Waals surface area (Å²) in [5.41, 5.74) is 5.63. The molecule has 0 aliphatic carbocycles. The number of ether oxygens (including phenoxy) is 4. The molecule has 3 aromatic rings. The Bertz CT molecular complexity index is 1860. The number of methoxy groups -OCH3 is 1. The molecular formula is C37H39ClN4O7. The Morgan fingerprint density at radius 3 is 2.57 bits per heavy atom. The van der Waals surface area contributed by atoms with Crippen LogP contribution in [0.3, 0.4) is 0 Å². The van der Waals surface area contributed by atoms with Crippen molar-refractivity contribution in [2.45, 2.75) is 69.7 Å². The number of piperazine rings is 1. The number of esters is 1. The Labute approximate surface area is 290 Å². The summed E-state index contributed by atoms with van der Waals surface area (Å²) in [6.45, 7) is 3.85. The van der Waals surface area contributed by atoms with Crippen molar-refractivity contribution in [2.24, 2.45) is 0 Å². The molecule has 3 aromatic carbocycles. The summed E-state index contributed by atoms with van der Waals surface area (Å²) < 4.78 is 23.6. The lowest BCUT2D eigenvalue weighted by atomic mass is 9.71. The Hall–Kier alpha value is -4.50. The second kappa shape index (κ2) is 13.1. The van der Waals surface area contributed by atoms with Crippen molar-refractivity contribution in [3.05, 3.63) is 75.3 Å². The lowest BCUT2D eigenvalue weighted by Gasteiger charge is -2.60. The van der Waals surface area contributed by atoms with Gasteiger partial charge in [-0.25, -0.2) is 0 Å². The Kier molecular flexibility index (Phi) is 8.82. The summed E-state index contributed by atoms with van der Waals surface area (Å²) in [5, 5.41) is 25.7. The third-order valence-corrected chi connectivity index (χ3v) is 10.8. The fourth-order valence-corrected chi connectivity index (χ4v) is 8.56. The fourth-order valence-electron chi connectivity index (χ4n) is 8.51. The summed E-state index contributed by atoms with van der Waals surface area (Å²) >= 11 is 5.93. The van der Waals surface area contributed by atoms with Gasteiger partial charge in [0.2, 0.25) is 12.7 Å². The number of carbonyl (C=O) groups excluding carboxylic acids is 2. The van der Waals surface area contributed by atoms with Crippen LogP contribution in [0.2, 0.25) is 0 Å². The zero-order valence-electron chi connectivity index (χ0n) is 27.9. The first-order valence-corrected chi connectivity index (χ1v) is 17.0. The van der Waals surface area contributed by atoms with Crippen LogP contribution in [0.5, 0.6) is 28.7 Å². The zero-order valence-corrected chi connectivity index (χ0v) is 28.7. The van der Waals surface area contributed by atoms with E-state index in [1.165, 1.54) is 0 Å². The molecular weight excluding hydrogens is 648 g/mol. The SMILES string of the molecule is COc1c(C)cc2c(c1O)[C@H]1C3Cc4c(OC(=O)CCl)c(C)c5c(c4[C@H](CNC(=O)CCc4ccccc4)N3[C@@H](C#N)[C@@H](C2)N1C)OCO5. The van der Waals surface area contributed by atoms with E-state index in [0.29, 0.717) is 53.4 Å². The highest BCUT2D eigenvalue weighted by Gasteiger charge is 2.56. The lowest BCUT2D eigenvalue weighted by molar-refractivity contribution is -0.131. The Morgan fingerprint density at radius 1 is 1.10 bits per heavy atom. The molecule has 7 rings (SSSR count). The second-order valence-electron chi connectivity index (χ2n) is 13.1. The molecule has 4 aliphatic rings. The summed E-state index contributed by atoms with van der Waals surface area (Å²) in [6, 6.07) is 12.4. The predicted octanol–water partition coefficient (Wildman–Crippen LogP) is 4.41. The number of halogens is 1. The normalized spacial score (nSPS) is 23.5. The number of rotatable bonds is 8. The Balaban J connectivity index is 1.37. The van der Waals surface area contributed by atoms with E-state index in [2.05, 4.69) is 21.2 Å². The van der Waals surface area contributed by atoms with Crippen molar-refractivity contribution >= 4 is 23.5 Å². The van der Waals surface area contributed by atoms with E-state index in [1.807, 2.05) is 57.3 Å². The van der Waals surface area contributed by atoms with Gasteiger partial charge < -0.3 is 29.4 Å². The number of carbonyl (C=O) groups is 2. The number of amides is 1.